The summed E-state index contributed by atoms with van der Waals surface area (Å²) in [5.74, 6) is -1.37. The van der Waals surface area contributed by atoms with Crippen molar-refractivity contribution in [3.05, 3.63) is 57.5 Å². The number of halogens is 4. The number of amides is 2. The summed E-state index contributed by atoms with van der Waals surface area (Å²) in [7, 11) is 3.25. The molecule has 0 aliphatic rings. The van der Waals surface area contributed by atoms with Crippen molar-refractivity contribution in [1.82, 2.24) is 39.5 Å². The Labute approximate surface area is 198 Å². The van der Waals surface area contributed by atoms with E-state index < -0.39 is 23.7 Å². The highest BCUT2D eigenvalue weighted by Gasteiger charge is 2.36. The summed E-state index contributed by atoms with van der Waals surface area (Å²) < 4.78 is 43.8. The molecule has 0 saturated heterocycles. The number of alkyl halides is 3. The van der Waals surface area contributed by atoms with E-state index in [-0.39, 0.29) is 39.4 Å². The SMILES string of the molecule is Cc1cc(C(F)(F)F)n2nc(C(=O)Nc3cnn(C)c3C(=O)NCc3cnn(C)c3)c(Br)c2n1. The number of rotatable bonds is 5. The van der Waals surface area contributed by atoms with Gasteiger partial charge in [-0.3, -0.25) is 19.0 Å². The van der Waals surface area contributed by atoms with E-state index in [1.54, 1.807) is 24.1 Å². The van der Waals surface area contributed by atoms with Gasteiger partial charge in [0.25, 0.3) is 11.8 Å². The van der Waals surface area contributed by atoms with Gasteiger partial charge in [-0.05, 0) is 28.9 Å². The van der Waals surface area contributed by atoms with Gasteiger partial charge in [0.2, 0.25) is 0 Å². The molecule has 4 aromatic rings. The summed E-state index contributed by atoms with van der Waals surface area (Å²) in [6.45, 7) is 1.59. The second kappa shape index (κ2) is 8.55. The van der Waals surface area contributed by atoms with Crippen LogP contribution in [0.1, 0.15) is 37.9 Å². The van der Waals surface area contributed by atoms with E-state index in [0.29, 0.717) is 4.52 Å². The van der Waals surface area contributed by atoms with Crippen LogP contribution in [-0.4, -0.2) is 46.0 Å². The lowest BCUT2D eigenvalue weighted by molar-refractivity contribution is -0.142. The summed E-state index contributed by atoms with van der Waals surface area (Å²) in [5, 5.41) is 17.0. The van der Waals surface area contributed by atoms with Gasteiger partial charge >= 0.3 is 6.18 Å². The highest BCUT2D eigenvalue weighted by molar-refractivity contribution is 9.10. The molecule has 4 rings (SSSR count). The van der Waals surface area contributed by atoms with Crippen LogP contribution >= 0.6 is 15.9 Å². The van der Waals surface area contributed by atoms with Crippen molar-refractivity contribution in [3.63, 3.8) is 0 Å². The van der Waals surface area contributed by atoms with Crippen molar-refractivity contribution >= 4 is 39.1 Å². The molecule has 0 aromatic carbocycles. The molecule has 4 aromatic heterocycles. The molecule has 0 fully saturated rings. The number of aromatic nitrogens is 7. The minimum Gasteiger partial charge on any atom is -0.346 e. The number of nitrogens with one attached hydrogen (secondary N) is 2. The molecule has 0 saturated carbocycles. The normalized spacial score (nSPS) is 11.7. The molecule has 0 unspecified atom stereocenters. The first-order valence-electron chi connectivity index (χ1n) is 9.68. The fraction of sp³-hybridized carbons (Fsp3) is 0.263. The van der Waals surface area contributed by atoms with E-state index in [4.69, 9.17) is 0 Å². The molecule has 11 nitrogen and oxygen atoms in total. The molecule has 2 N–H and O–H groups in total. The molecular formula is C19H17BrF3N9O2. The van der Waals surface area contributed by atoms with Gasteiger partial charge in [0, 0.05) is 38.1 Å². The maximum Gasteiger partial charge on any atom is 0.433 e. The first-order valence-corrected chi connectivity index (χ1v) is 10.5. The maximum absolute atomic E-state index is 13.5. The van der Waals surface area contributed by atoms with Gasteiger partial charge in [0.15, 0.2) is 11.3 Å². The standard InChI is InChI=1S/C19H17BrF3N9O2/c1-9-4-12(19(21,22)23)32-16(27-9)13(20)14(29-32)17(33)28-11-7-26-31(3)15(11)18(34)24-5-10-6-25-30(2)8-10/h4,6-8H,5H2,1-3H3,(H,24,34)(H,28,33). The lowest BCUT2D eigenvalue weighted by Crippen LogP contribution is -2.26. The minimum atomic E-state index is -4.71. The fourth-order valence-corrected chi connectivity index (χ4v) is 3.78. The van der Waals surface area contributed by atoms with Gasteiger partial charge in [-0.25, -0.2) is 9.50 Å². The van der Waals surface area contributed by atoms with E-state index >= 15 is 0 Å². The van der Waals surface area contributed by atoms with Crippen molar-refractivity contribution in [2.24, 2.45) is 14.1 Å². The highest BCUT2D eigenvalue weighted by atomic mass is 79.9. The van der Waals surface area contributed by atoms with Crippen molar-refractivity contribution in [1.29, 1.82) is 0 Å². The Morgan fingerprint density at radius 3 is 2.53 bits per heavy atom. The fourth-order valence-electron chi connectivity index (χ4n) is 3.27. The van der Waals surface area contributed by atoms with Crippen LogP contribution in [0.25, 0.3) is 5.65 Å². The van der Waals surface area contributed by atoms with E-state index in [1.807, 2.05) is 0 Å². The lowest BCUT2D eigenvalue weighted by atomic mass is 10.3. The number of hydrogen-bond donors (Lipinski definition) is 2. The highest BCUT2D eigenvalue weighted by Crippen LogP contribution is 2.32. The second-order valence-electron chi connectivity index (χ2n) is 7.37. The Balaban J connectivity index is 1.61. The molecule has 34 heavy (non-hydrogen) atoms. The molecule has 0 spiro atoms. The molecule has 0 atom stereocenters. The summed E-state index contributed by atoms with van der Waals surface area (Å²) in [6.07, 6.45) is -0.131. The molecule has 0 aliphatic heterocycles. The van der Waals surface area contributed by atoms with Gasteiger partial charge in [-0.15, -0.1) is 0 Å². The quantitative estimate of drug-likeness (QED) is 0.401. The van der Waals surface area contributed by atoms with E-state index in [2.05, 4.69) is 46.8 Å². The van der Waals surface area contributed by atoms with Crippen LogP contribution in [0.2, 0.25) is 0 Å². The second-order valence-corrected chi connectivity index (χ2v) is 8.16. The third kappa shape index (κ3) is 4.37. The Morgan fingerprint density at radius 1 is 1.15 bits per heavy atom. The van der Waals surface area contributed by atoms with Crippen LogP contribution in [-0.2, 0) is 26.8 Å². The topological polar surface area (TPSA) is 124 Å². The summed E-state index contributed by atoms with van der Waals surface area (Å²) >= 11 is 3.12. The number of hydrogen-bond acceptors (Lipinski definition) is 6. The maximum atomic E-state index is 13.5. The summed E-state index contributed by atoms with van der Waals surface area (Å²) in [4.78, 5) is 29.7. The van der Waals surface area contributed by atoms with Gasteiger partial charge in [-0.1, -0.05) is 0 Å². The third-order valence-electron chi connectivity index (χ3n) is 4.78. The van der Waals surface area contributed by atoms with Crippen molar-refractivity contribution in [2.45, 2.75) is 19.6 Å². The number of fused-ring (bicyclic) bond motifs is 1. The van der Waals surface area contributed by atoms with Crippen molar-refractivity contribution in [3.8, 4) is 0 Å². The van der Waals surface area contributed by atoms with E-state index in [1.165, 1.54) is 24.9 Å². The van der Waals surface area contributed by atoms with Crippen LogP contribution in [0.3, 0.4) is 0 Å². The Bertz CT molecular complexity index is 1420. The Kier molecular flexibility index (Phi) is 5.89. The van der Waals surface area contributed by atoms with Crippen LogP contribution < -0.4 is 10.6 Å². The molecule has 0 aliphatic carbocycles. The predicted octanol–water partition coefficient (Wildman–Crippen LogP) is 2.47. The summed E-state index contributed by atoms with van der Waals surface area (Å²) in [6, 6.07) is 0.833. The molecular weight excluding hydrogens is 523 g/mol. The Hall–Kier alpha value is -3.75. The van der Waals surface area contributed by atoms with Gasteiger partial charge in [-0.2, -0.15) is 28.5 Å². The van der Waals surface area contributed by atoms with Crippen molar-refractivity contribution < 1.29 is 22.8 Å². The number of anilines is 1. The van der Waals surface area contributed by atoms with Crippen LogP contribution in [0, 0.1) is 6.92 Å². The zero-order valence-electron chi connectivity index (χ0n) is 18.0. The number of aryl methyl sites for hydroxylation is 3. The van der Waals surface area contributed by atoms with Crippen LogP contribution in [0.4, 0.5) is 18.9 Å². The van der Waals surface area contributed by atoms with Gasteiger partial charge in [0.05, 0.1) is 22.6 Å². The zero-order chi connectivity index (χ0) is 24.8. The molecule has 4 heterocycles. The predicted molar refractivity (Wildman–Crippen MR) is 116 cm³/mol. The average molecular weight is 540 g/mol. The first-order chi connectivity index (χ1) is 16.0. The smallest absolute Gasteiger partial charge is 0.346 e. The van der Waals surface area contributed by atoms with Crippen LogP contribution in [0.5, 0.6) is 0 Å². The molecule has 15 heteroatoms. The number of carbonyl (C=O) groups excluding carboxylic acids is 2. The molecule has 0 radical (unpaired) electrons. The Morgan fingerprint density at radius 2 is 1.88 bits per heavy atom. The molecule has 2 amide bonds. The van der Waals surface area contributed by atoms with Gasteiger partial charge in [0.1, 0.15) is 11.4 Å². The van der Waals surface area contributed by atoms with E-state index in [9.17, 15) is 22.8 Å². The third-order valence-corrected chi connectivity index (χ3v) is 5.51. The monoisotopic (exact) mass is 539 g/mol. The lowest BCUT2D eigenvalue weighted by Gasteiger charge is -2.09. The molecule has 178 valence electrons. The number of nitrogens with zero attached hydrogens (tertiary/aromatic N) is 7. The van der Waals surface area contributed by atoms with Gasteiger partial charge < -0.3 is 10.6 Å². The average Bonchev–Trinajstić information content (AvgIpc) is 3.43. The first kappa shape index (κ1) is 23.4. The van der Waals surface area contributed by atoms with Crippen molar-refractivity contribution in [2.75, 3.05) is 5.32 Å². The zero-order valence-corrected chi connectivity index (χ0v) is 19.6. The molecule has 0 bridgehead atoms. The summed E-state index contributed by atoms with van der Waals surface area (Å²) in [5.41, 5.74) is -0.617. The minimum absolute atomic E-state index is 0.0225. The van der Waals surface area contributed by atoms with Crippen LogP contribution in [0.15, 0.2) is 29.1 Å². The largest absolute Gasteiger partial charge is 0.433 e. The number of carbonyl (C=O) groups is 2. The van der Waals surface area contributed by atoms with E-state index in [0.717, 1.165) is 11.6 Å².